The molecule has 31 heavy (non-hydrogen) atoms. The molecule has 0 aliphatic carbocycles. The SMILES string of the molecule is CC(NC(=O)CN1CCN(CC(=O)N2CCOCC2)CC1)c1ccc2c(c1)OCCO2. The van der Waals surface area contributed by atoms with E-state index in [1.54, 1.807) is 0 Å². The van der Waals surface area contributed by atoms with Gasteiger partial charge in [-0.25, -0.2) is 0 Å². The molecule has 0 saturated carbocycles. The quantitative estimate of drug-likeness (QED) is 0.683. The second-order valence-electron chi connectivity index (χ2n) is 8.24. The highest BCUT2D eigenvalue weighted by atomic mass is 16.6. The molecule has 3 heterocycles. The first-order valence-corrected chi connectivity index (χ1v) is 11.1. The number of hydrogen-bond acceptors (Lipinski definition) is 7. The van der Waals surface area contributed by atoms with Crippen LogP contribution in [0.1, 0.15) is 18.5 Å². The van der Waals surface area contributed by atoms with Gasteiger partial charge in [0, 0.05) is 39.3 Å². The van der Waals surface area contributed by atoms with Crippen LogP contribution in [0.15, 0.2) is 18.2 Å². The van der Waals surface area contributed by atoms with Crippen molar-refractivity contribution in [1.82, 2.24) is 20.0 Å². The van der Waals surface area contributed by atoms with E-state index in [4.69, 9.17) is 14.2 Å². The van der Waals surface area contributed by atoms with Crippen LogP contribution in [0.2, 0.25) is 0 Å². The standard InChI is InChI=1S/C22H32N4O5/c1-17(18-2-3-19-20(14-18)31-13-12-30-19)23-21(27)15-24-4-6-25(7-5-24)16-22(28)26-8-10-29-11-9-26/h2-3,14,17H,4-13,15-16H2,1H3,(H,23,27). The lowest BCUT2D eigenvalue weighted by atomic mass is 10.1. The molecular formula is C22H32N4O5. The number of benzene rings is 1. The van der Waals surface area contributed by atoms with Gasteiger partial charge in [-0.1, -0.05) is 6.07 Å². The van der Waals surface area contributed by atoms with Crippen molar-refractivity contribution in [3.63, 3.8) is 0 Å². The molecule has 1 aromatic rings. The minimum atomic E-state index is -0.115. The van der Waals surface area contributed by atoms with E-state index in [9.17, 15) is 9.59 Å². The maximum Gasteiger partial charge on any atom is 0.236 e. The summed E-state index contributed by atoms with van der Waals surface area (Å²) in [5.41, 5.74) is 0.990. The molecule has 9 heteroatoms. The number of nitrogens with zero attached hydrogens (tertiary/aromatic N) is 3. The molecule has 3 aliphatic rings. The summed E-state index contributed by atoms with van der Waals surface area (Å²) in [6, 6.07) is 5.67. The zero-order valence-electron chi connectivity index (χ0n) is 18.2. The predicted molar refractivity (Wildman–Crippen MR) is 114 cm³/mol. The molecule has 2 saturated heterocycles. The second kappa shape index (κ2) is 10.3. The molecule has 0 spiro atoms. The molecule has 170 valence electrons. The molecule has 0 radical (unpaired) electrons. The molecule has 0 aromatic heterocycles. The van der Waals surface area contributed by atoms with Crippen molar-refractivity contribution in [2.45, 2.75) is 13.0 Å². The van der Waals surface area contributed by atoms with Crippen molar-refractivity contribution in [1.29, 1.82) is 0 Å². The first-order chi connectivity index (χ1) is 15.1. The Labute approximate surface area is 183 Å². The van der Waals surface area contributed by atoms with Crippen LogP contribution < -0.4 is 14.8 Å². The van der Waals surface area contributed by atoms with Gasteiger partial charge in [-0.15, -0.1) is 0 Å². The minimum absolute atomic E-state index is 0.000215. The average molecular weight is 433 g/mol. The van der Waals surface area contributed by atoms with E-state index in [1.807, 2.05) is 30.0 Å². The summed E-state index contributed by atoms with van der Waals surface area (Å²) in [6.45, 7) is 9.64. The number of rotatable bonds is 6. The topological polar surface area (TPSA) is 83.6 Å². The molecule has 1 atom stereocenters. The highest BCUT2D eigenvalue weighted by molar-refractivity contribution is 5.79. The van der Waals surface area contributed by atoms with Crippen molar-refractivity contribution in [2.75, 3.05) is 78.8 Å². The zero-order chi connectivity index (χ0) is 21.6. The lowest BCUT2D eigenvalue weighted by molar-refractivity contribution is -0.137. The average Bonchev–Trinajstić information content (AvgIpc) is 2.80. The Morgan fingerprint density at radius 1 is 0.903 bits per heavy atom. The molecule has 1 unspecified atom stereocenters. The van der Waals surface area contributed by atoms with E-state index in [0.29, 0.717) is 52.6 Å². The second-order valence-corrected chi connectivity index (χ2v) is 8.24. The number of ether oxygens (including phenoxy) is 3. The van der Waals surface area contributed by atoms with Crippen LogP contribution in [0.25, 0.3) is 0 Å². The zero-order valence-corrected chi connectivity index (χ0v) is 18.2. The van der Waals surface area contributed by atoms with Crippen LogP contribution in [-0.2, 0) is 14.3 Å². The fourth-order valence-electron chi connectivity index (χ4n) is 4.11. The summed E-state index contributed by atoms with van der Waals surface area (Å²) in [7, 11) is 0. The first-order valence-electron chi connectivity index (χ1n) is 11.1. The van der Waals surface area contributed by atoms with Crippen molar-refractivity contribution in [3.05, 3.63) is 23.8 Å². The lowest BCUT2D eigenvalue weighted by Crippen LogP contribution is -2.53. The van der Waals surface area contributed by atoms with Gasteiger partial charge in [0.1, 0.15) is 13.2 Å². The molecule has 3 aliphatic heterocycles. The van der Waals surface area contributed by atoms with Crippen LogP contribution in [0, 0.1) is 0 Å². The van der Waals surface area contributed by atoms with Crippen LogP contribution in [0.3, 0.4) is 0 Å². The molecule has 4 rings (SSSR count). The fraction of sp³-hybridized carbons (Fsp3) is 0.636. The summed E-state index contributed by atoms with van der Waals surface area (Å²) in [5, 5.41) is 3.07. The van der Waals surface area contributed by atoms with Crippen LogP contribution in [-0.4, -0.2) is 105 Å². The van der Waals surface area contributed by atoms with Gasteiger partial charge in [0.2, 0.25) is 11.8 Å². The van der Waals surface area contributed by atoms with E-state index < -0.39 is 0 Å². The number of nitrogens with one attached hydrogen (secondary N) is 1. The summed E-state index contributed by atoms with van der Waals surface area (Å²) in [4.78, 5) is 31.1. The van der Waals surface area contributed by atoms with Crippen molar-refractivity contribution >= 4 is 11.8 Å². The summed E-state index contributed by atoms with van der Waals surface area (Å²) < 4.78 is 16.5. The van der Waals surface area contributed by atoms with Gasteiger partial charge in [-0.05, 0) is 24.6 Å². The Bertz CT molecular complexity index is 775. The summed E-state index contributed by atoms with van der Waals surface area (Å²) in [6.07, 6.45) is 0. The monoisotopic (exact) mass is 432 g/mol. The molecule has 2 fully saturated rings. The van der Waals surface area contributed by atoms with Gasteiger partial charge in [0.25, 0.3) is 0 Å². The Kier molecular flexibility index (Phi) is 7.26. The molecule has 0 bridgehead atoms. The highest BCUT2D eigenvalue weighted by Crippen LogP contribution is 2.32. The van der Waals surface area contributed by atoms with E-state index in [1.165, 1.54) is 0 Å². The summed E-state index contributed by atoms with van der Waals surface area (Å²) in [5.74, 6) is 1.65. The fourth-order valence-corrected chi connectivity index (χ4v) is 4.11. The van der Waals surface area contributed by atoms with Gasteiger partial charge in [0.15, 0.2) is 11.5 Å². The number of carbonyl (C=O) groups excluding carboxylic acids is 2. The van der Waals surface area contributed by atoms with E-state index in [0.717, 1.165) is 43.2 Å². The maximum absolute atomic E-state index is 12.6. The smallest absolute Gasteiger partial charge is 0.236 e. The number of morpholine rings is 1. The highest BCUT2D eigenvalue weighted by Gasteiger charge is 2.24. The lowest BCUT2D eigenvalue weighted by Gasteiger charge is -2.35. The number of carbonyl (C=O) groups is 2. The molecule has 1 aromatic carbocycles. The maximum atomic E-state index is 12.6. The number of piperazine rings is 1. The van der Waals surface area contributed by atoms with Gasteiger partial charge < -0.3 is 24.4 Å². The molecule has 1 N–H and O–H groups in total. The van der Waals surface area contributed by atoms with Crippen LogP contribution >= 0.6 is 0 Å². The van der Waals surface area contributed by atoms with Gasteiger partial charge in [-0.3, -0.25) is 19.4 Å². The van der Waals surface area contributed by atoms with Crippen molar-refractivity contribution in [2.24, 2.45) is 0 Å². The normalized spacial score (nSPS) is 20.9. The van der Waals surface area contributed by atoms with Crippen molar-refractivity contribution < 1.29 is 23.8 Å². The van der Waals surface area contributed by atoms with Gasteiger partial charge >= 0.3 is 0 Å². The van der Waals surface area contributed by atoms with Crippen LogP contribution in [0.4, 0.5) is 0 Å². The third kappa shape index (κ3) is 5.87. The van der Waals surface area contributed by atoms with E-state index in [-0.39, 0.29) is 17.9 Å². The van der Waals surface area contributed by atoms with Crippen LogP contribution in [0.5, 0.6) is 11.5 Å². The number of amides is 2. The largest absolute Gasteiger partial charge is 0.486 e. The van der Waals surface area contributed by atoms with E-state index >= 15 is 0 Å². The Hall–Kier alpha value is -2.36. The molecular weight excluding hydrogens is 400 g/mol. The van der Waals surface area contributed by atoms with Crippen molar-refractivity contribution in [3.8, 4) is 11.5 Å². The predicted octanol–water partition coefficient (Wildman–Crippen LogP) is 0.111. The first kappa shape index (κ1) is 21.9. The Morgan fingerprint density at radius 3 is 2.26 bits per heavy atom. The number of hydrogen-bond donors (Lipinski definition) is 1. The van der Waals surface area contributed by atoms with Gasteiger partial charge in [0.05, 0.1) is 32.3 Å². The van der Waals surface area contributed by atoms with Gasteiger partial charge in [-0.2, -0.15) is 0 Å². The van der Waals surface area contributed by atoms with E-state index in [2.05, 4.69) is 15.1 Å². The Morgan fingerprint density at radius 2 is 1.55 bits per heavy atom. The third-order valence-electron chi connectivity index (χ3n) is 6.00. The summed E-state index contributed by atoms with van der Waals surface area (Å²) >= 11 is 0. The molecule has 9 nitrogen and oxygen atoms in total. The number of fused-ring (bicyclic) bond motifs is 1. The third-order valence-corrected chi connectivity index (χ3v) is 6.00. The molecule has 2 amide bonds. The Balaban J connectivity index is 1.19. The minimum Gasteiger partial charge on any atom is -0.486 e.